The van der Waals surface area contributed by atoms with Gasteiger partial charge < -0.3 is 31.2 Å². The molecule has 12 rings (SSSR count). The first kappa shape index (κ1) is 39.4. The van der Waals surface area contributed by atoms with Crippen LogP contribution in [0.15, 0.2) is 116 Å². The van der Waals surface area contributed by atoms with Gasteiger partial charge in [0.15, 0.2) is 17.1 Å². The Morgan fingerprint density at radius 2 is 1.30 bits per heavy atom. The van der Waals surface area contributed by atoms with Crippen molar-refractivity contribution in [2.24, 2.45) is 0 Å². The lowest BCUT2D eigenvalue weighted by atomic mass is 9.92. The van der Waals surface area contributed by atoms with Crippen LogP contribution in [0.1, 0.15) is 51.5 Å². The Morgan fingerprint density at radius 1 is 0.652 bits per heavy atom. The second-order valence-electron chi connectivity index (χ2n) is 17.0. The molecule has 0 radical (unpaired) electrons. The highest BCUT2D eigenvalue weighted by molar-refractivity contribution is 5.79. The topological polar surface area (TPSA) is 192 Å². The molecule has 2 aromatic carbocycles. The summed E-state index contributed by atoms with van der Waals surface area (Å²) < 4.78 is 3.65. The number of H-pyrrole nitrogens is 2. The number of aromatic nitrogens is 12. The van der Waals surface area contributed by atoms with Crippen LogP contribution >= 0.6 is 0 Å². The molecule has 1 atom stereocenters. The van der Waals surface area contributed by atoms with E-state index in [1.54, 1.807) is 10.8 Å². The van der Waals surface area contributed by atoms with E-state index in [-0.39, 0.29) is 5.92 Å². The summed E-state index contributed by atoms with van der Waals surface area (Å²) in [5.41, 5.74) is 17.4. The van der Waals surface area contributed by atoms with E-state index in [0.717, 1.165) is 128 Å². The molecular weight excluding hydrogens is 825 g/mol. The average Bonchev–Trinajstić information content (AvgIpc) is 4.18. The second-order valence-corrected chi connectivity index (χ2v) is 17.0. The number of anilines is 3. The first-order valence-electron chi connectivity index (χ1n) is 22.3. The van der Waals surface area contributed by atoms with Gasteiger partial charge in [-0.15, -0.1) is 0 Å². The SMILES string of the molecule is Cc1cccc(-c2nc(CNc3cccc4c3CNCC4)[nH]c2-c2ccc3nc(C4CNc5c(cccc5NCc5nc(-c6cccc(C)n6)c(-c6ccc7ncnn7c6)[nH]5)C4)nn3c2)n1. The molecule has 16 nitrogen and oxygen atoms in total. The molecule has 2 aliphatic rings. The molecule has 66 heavy (non-hydrogen) atoms. The Bertz CT molecular complexity index is 3430. The monoisotopic (exact) mass is 870 g/mol. The minimum atomic E-state index is 0.0752. The van der Waals surface area contributed by atoms with Crippen molar-refractivity contribution < 1.29 is 0 Å². The van der Waals surface area contributed by atoms with Crippen LogP contribution in [0.25, 0.3) is 56.6 Å². The Balaban J connectivity index is 0.785. The van der Waals surface area contributed by atoms with Crippen LogP contribution < -0.4 is 21.3 Å². The number of fused-ring (bicyclic) bond motifs is 4. The van der Waals surface area contributed by atoms with Crippen molar-refractivity contribution in [3.8, 4) is 45.3 Å². The van der Waals surface area contributed by atoms with Crippen LogP contribution in [0.3, 0.4) is 0 Å². The van der Waals surface area contributed by atoms with Gasteiger partial charge in [0, 0.05) is 59.6 Å². The molecule has 0 saturated heterocycles. The maximum atomic E-state index is 5.12. The van der Waals surface area contributed by atoms with E-state index in [9.17, 15) is 0 Å². The maximum Gasteiger partial charge on any atom is 0.156 e. The predicted molar refractivity (Wildman–Crippen MR) is 255 cm³/mol. The van der Waals surface area contributed by atoms with Gasteiger partial charge in [0.1, 0.15) is 29.4 Å². The van der Waals surface area contributed by atoms with Crippen molar-refractivity contribution in [3.63, 3.8) is 0 Å². The smallest absolute Gasteiger partial charge is 0.156 e. The summed E-state index contributed by atoms with van der Waals surface area (Å²) in [5.74, 6) is 2.48. The van der Waals surface area contributed by atoms with Crippen LogP contribution in [0.5, 0.6) is 0 Å². The third-order valence-electron chi connectivity index (χ3n) is 12.5. The zero-order valence-corrected chi connectivity index (χ0v) is 36.5. The molecule has 0 bridgehead atoms. The molecule has 10 heterocycles. The largest absolute Gasteiger partial charge is 0.382 e. The second kappa shape index (κ2) is 16.4. The van der Waals surface area contributed by atoms with Crippen molar-refractivity contribution >= 4 is 28.4 Å². The summed E-state index contributed by atoms with van der Waals surface area (Å²) in [6.07, 6.45) is 7.37. The van der Waals surface area contributed by atoms with E-state index in [0.29, 0.717) is 19.6 Å². The average molecular weight is 871 g/mol. The quantitative estimate of drug-likeness (QED) is 0.0738. The molecule has 326 valence electrons. The summed E-state index contributed by atoms with van der Waals surface area (Å²) >= 11 is 0. The molecule has 8 aromatic heterocycles. The number of nitrogens with one attached hydrogen (secondary N) is 6. The summed E-state index contributed by atoms with van der Waals surface area (Å²) in [5, 5.41) is 24.0. The highest BCUT2D eigenvalue weighted by Gasteiger charge is 2.26. The molecular formula is C50H46N16. The van der Waals surface area contributed by atoms with Gasteiger partial charge in [0.05, 0.1) is 47.2 Å². The van der Waals surface area contributed by atoms with E-state index >= 15 is 0 Å². The minimum Gasteiger partial charge on any atom is -0.382 e. The number of hydrogen-bond donors (Lipinski definition) is 6. The van der Waals surface area contributed by atoms with Gasteiger partial charge in [0.25, 0.3) is 0 Å². The first-order chi connectivity index (χ1) is 32.5. The molecule has 0 saturated carbocycles. The molecule has 2 aliphatic heterocycles. The molecule has 0 spiro atoms. The highest BCUT2D eigenvalue weighted by Crippen LogP contribution is 2.37. The zero-order valence-electron chi connectivity index (χ0n) is 36.5. The van der Waals surface area contributed by atoms with E-state index < -0.39 is 0 Å². The summed E-state index contributed by atoms with van der Waals surface area (Å²) in [6, 6.07) is 33.0. The molecule has 6 N–H and O–H groups in total. The van der Waals surface area contributed by atoms with Crippen LogP contribution in [0.4, 0.5) is 17.1 Å². The molecule has 0 fully saturated rings. The van der Waals surface area contributed by atoms with Crippen molar-refractivity contribution in [3.05, 3.63) is 161 Å². The van der Waals surface area contributed by atoms with Crippen molar-refractivity contribution in [1.29, 1.82) is 0 Å². The Kier molecular flexibility index (Phi) is 9.78. The number of aryl methyl sites for hydroxylation is 2. The number of imidazole rings is 2. The fraction of sp³-hybridized carbons (Fsp3) is 0.200. The molecule has 0 amide bonds. The number of aromatic amines is 2. The molecule has 0 aliphatic carbocycles. The zero-order chi connectivity index (χ0) is 44.1. The van der Waals surface area contributed by atoms with E-state index in [4.69, 9.17) is 30.0 Å². The highest BCUT2D eigenvalue weighted by atomic mass is 15.3. The third kappa shape index (κ3) is 7.46. The molecule has 16 heteroatoms. The fourth-order valence-corrected chi connectivity index (χ4v) is 9.25. The van der Waals surface area contributed by atoms with Crippen LogP contribution in [-0.2, 0) is 32.5 Å². The maximum absolute atomic E-state index is 5.12. The number of pyridine rings is 4. The van der Waals surface area contributed by atoms with Gasteiger partial charge in [-0.1, -0.05) is 36.4 Å². The fourth-order valence-electron chi connectivity index (χ4n) is 9.25. The van der Waals surface area contributed by atoms with Crippen molar-refractivity contribution in [2.75, 3.05) is 29.0 Å². The van der Waals surface area contributed by atoms with E-state index in [2.05, 4.69) is 83.8 Å². The Morgan fingerprint density at radius 3 is 2.03 bits per heavy atom. The molecule has 1 unspecified atom stereocenters. The summed E-state index contributed by atoms with van der Waals surface area (Å²) in [6.45, 7) is 7.56. The van der Waals surface area contributed by atoms with Crippen LogP contribution in [0.2, 0.25) is 0 Å². The van der Waals surface area contributed by atoms with Crippen molar-refractivity contribution in [2.45, 2.75) is 52.2 Å². The number of rotatable bonds is 11. The third-order valence-corrected chi connectivity index (χ3v) is 12.5. The first-order valence-corrected chi connectivity index (χ1v) is 22.3. The standard InChI is InChI=1S/C50H46N16/c1-29-7-3-13-39(57-29)48-46(33-15-17-43-55-28-56-65(43)26-33)60-42(62-48)25-53-38-12-6-10-32-21-35(22-54-45(32)38)50-63-44-18-16-34(27-66(44)64-50)47-49(40-14-4-8-30(2)58-40)61-41(59-47)24-52-37-11-5-9-31-19-20-51-23-36(31)37/h3-18,26-28,35,51-54H,19-25H2,1-2H3,(H,59,61)(H,60,62). The predicted octanol–water partition coefficient (Wildman–Crippen LogP) is 7.91. The molecule has 10 aromatic rings. The number of benzene rings is 2. The lowest BCUT2D eigenvalue weighted by Crippen LogP contribution is -2.24. The van der Waals surface area contributed by atoms with Gasteiger partial charge in [-0.2, -0.15) is 10.2 Å². The van der Waals surface area contributed by atoms with Gasteiger partial charge in [0.2, 0.25) is 0 Å². The summed E-state index contributed by atoms with van der Waals surface area (Å²) in [4.78, 5) is 36.4. The Labute approximate surface area is 379 Å². The Hall–Kier alpha value is -8.24. The number of hydrogen-bond acceptors (Lipinski definition) is 12. The van der Waals surface area contributed by atoms with Crippen LogP contribution in [-0.4, -0.2) is 72.2 Å². The van der Waals surface area contributed by atoms with E-state index in [1.165, 1.54) is 16.7 Å². The lowest BCUT2D eigenvalue weighted by Gasteiger charge is -2.26. The van der Waals surface area contributed by atoms with Gasteiger partial charge in [-0.05, 0) is 111 Å². The van der Waals surface area contributed by atoms with Crippen molar-refractivity contribution in [1.82, 2.24) is 64.4 Å². The summed E-state index contributed by atoms with van der Waals surface area (Å²) in [7, 11) is 0. The van der Waals surface area contributed by atoms with E-state index in [1.807, 2.05) is 85.4 Å². The normalized spacial score (nSPS) is 14.5. The number of para-hydroxylation sites is 1. The number of nitrogens with zero attached hydrogens (tertiary/aromatic N) is 10. The van der Waals surface area contributed by atoms with Gasteiger partial charge in [-0.25, -0.2) is 29.0 Å². The van der Waals surface area contributed by atoms with Crippen LogP contribution in [0, 0.1) is 13.8 Å². The van der Waals surface area contributed by atoms with Gasteiger partial charge in [-0.3, -0.25) is 9.97 Å². The lowest BCUT2D eigenvalue weighted by molar-refractivity contribution is 0.644. The van der Waals surface area contributed by atoms with Gasteiger partial charge >= 0.3 is 0 Å². The minimum absolute atomic E-state index is 0.0752.